The summed E-state index contributed by atoms with van der Waals surface area (Å²) < 4.78 is 58.0. The number of nitrogens with one attached hydrogen (secondary N) is 1. The third kappa shape index (κ3) is 3.24. The van der Waals surface area contributed by atoms with Crippen LogP contribution in [0, 0.1) is 5.82 Å². The molecule has 3 rings (SSSR count). The van der Waals surface area contributed by atoms with Gasteiger partial charge < -0.3 is 9.72 Å². The molecule has 124 valence electrons. The molecule has 24 heavy (non-hydrogen) atoms. The molecule has 7 heteroatoms. The van der Waals surface area contributed by atoms with Crippen molar-refractivity contribution in [3.63, 3.8) is 0 Å². The lowest BCUT2D eigenvalue weighted by molar-refractivity contribution is -0.198. The van der Waals surface area contributed by atoms with Crippen molar-refractivity contribution in [2.45, 2.75) is 12.3 Å². The largest absolute Gasteiger partial charge is 0.476 e. The predicted molar refractivity (Wildman–Crippen MR) is 80.4 cm³/mol. The molecule has 0 aliphatic carbocycles. The van der Waals surface area contributed by atoms with Crippen LogP contribution >= 0.6 is 0 Å². The zero-order chi connectivity index (χ0) is 17.3. The Hall–Kier alpha value is -2.83. The molecule has 0 amide bonds. The molecule has 0 bridgehead atoms. The average Bonchev–Trinajstić information content (AvgIpc) is 2.53. The van der Waals surface area contributed by atoms with Crippen LogP contribution in [0.25, 0.3) is 10.9 Å². The number of alkyl halides is 3. The number of rotatable bonds is 3. The van der Waals surface area contributed by atoms with E-state index in [0.29, 0.717) is 10.9 Å². The minimum atomic E-state index is -4.82. The van der Waals surface area contributed by atoms with Gasteiger partial charge in [0.05, 0.1) is 5.56 Å². The highest BCUT2D eigenvalue weighted by atomic mass is 19.4. The van der Waals surface area contributed by atoms with Gasteiger partial charge >= 0.3 is 6.18 Å². The first-order valence-electron chi connectivity index (χ1n) is 6.95. The van der Waals surface area contributed by atoms with Crippen LogP contribution in [-0.2, 0) is 0 Å². The summed E-state index contributed by atoms with van der Waals surface area (Å²) in [5.74, 6) is -0.791. The van der Waals surface area contributed by atoms with Gasteiger partial charge in [0.15, 0.2) is 0 Å². The molecule has 1 heterocycles. The third-order valence-corrected chi connectivity index (χ3v) is 3.43. The SMILES string of the molecule is O=c1[nH]c2ccccc2cc1C(Oc1ccc(F)cc1)C(F)(F)F. The molecule has 3 nitrogen and oxygen atoms in total. The number of hydrogen-bond donors (Lipinski definition) is 1. The molecule has 0 spiro atoms. The second kappa shape index (κ2) is 5.99. The van der Waals surface area contributed by atoms with Crippen molar-refractivity contribution in [2.24, 2.45) is 0 Å². The molecule has 1 N–H and O–H groups in total. The molecule has 2 aromatic carbocycles. The zero-order valence-corrected chi connectivity index (χ0v) is 12.1. The Morgan fingerprint density at radius 2 is 1.67 bits per heavy atom. The predicted octanol–water partition coefficient (Wildman–Crippen LogP) is 4.35. The van der Waals surface area contributed by atoms with Gasteiger partial charge in [0.1, 0.15) is 11.6 Å². The summed E-state index contributed by atoms with van der Waals surface area (Å²) in [7, 11) is 0. The van der Waals surface area contributed by atoms with E-state index in [9.17, 15) is 22.4 Å². The summed E-state index contributed by atoms with van der Waals surface area (Å²) in [5, 5.41) is 0.448. The molecular weight excluding hydrogens is 326 g/mol. The molecule has 0 aliphatic heterocycles. The first-order valence-corrected chi connectivity index (χ1v) is 6.95. The van der Waals surface area contributed by atoms with Gasteiger partial charge in [-0.15, -0.1) is 0 Å². The Bertz CT molecular complexity index is 916. The second-order valence-corrected chi connectivity index (χ2v) is 5.13. The van der Waals surface area contributed by atoms with E-state index in [2.05, 4.69) is 4.98 Å². The minimum absolute atomic E-state index is 0.189. The van der Waals surface area contributed by atoms with E-state index in [1.165, 1.54) is 0 Å². The van der Waals surface area contributed by atoms with Gasteiger partial charge in [0, 0.05) is 5.52 Å². The van der Waals surface area contributed by atoms with Gasteiger partial charge in [-0.05, 0) is 41.8 Å². The maximum Gasteiger partial charge on any atom is 0.429 e. The number of fused-ring (bicyclic) bond motifs is 1. The van der Waals surface area contributed by atoms with E-state index in [-0.39, 0.29) is 5.75 Å². The van der Waals surface area contributed by atoms with E-state index in [0.717, 1.165) is 30.3 Å². The zero-order valence-electron chi connectivity index (χ0n) is 12.1. The van der Waals surface area contributed by atoms with Crippen LogP contribution < -0.4 is 10.3 Å². The fraction of sp³-hybridized carbons (Fsp3) is 0.118. The van der Waals surface area contributed by atoms with Crippen molar-refractivity contribution in [2.75, 3.05) is 0 Å². The van der Waals surface area contributed by atoms with Crippen molar-refractivity contribution in [3.05, 3.63) is 76.3 Å². The molecule has 0 aliphatic rings. The highest BCUT2D eigenvalue weighted by Gasteiger charge is 2.44. The quantitative estimate of drug-likeness (QED) is 0.722. The molecule has 3 aromatic rings. The van der Waals surface area contributed by atoms with Gasteiger partial charge in [0.25, 0.3) is 5.56 Å². The van der Waals surface area contributed by atoms with Crippen molar-refractivity contribution < 1.29 is 22.3 Å². The lowest BCUT2D eigenvalue weighted by Crippen LogP contribution is -2.31. The summed E-state index contributed by atoms with van der Waals surface area (Å²) in [6.45, 7) is 0. The standard InChI is InChI=1S/C17H11F4NO2/c18-11-5-7-12(8-6-11)24-15(17(19,20)21)13-9-10-3-1-2-4-14(10)22-16(13)23/h1-9,15H,(H,22,23). The Labute approximate surface area is 133 Å². The number of ether oxygens (including phenoxy) is 1. The monoisotopic (exact) mass is 337 g/mol. The van der Waals surface area contributed by atoms with Crippen LogP contribution in [-0.4, -0.2) is 11.2 Å². The highest BCUT2D eigenvalue weighted by Crippen LogP contribution is 2.36. The Kier molecular flexibility index (Phi) is 4.01. The summed E-state index contributed by atoms with van der Waals surface area (Å²) in [6, 6.07) is 11.7. The Morgan fingerprint density at radius 3 is 2.33 bits per heavy atom. The topological polar surface area (TPSA) is 42.1 Å². The fourth-order valence-electron chi connectivity index (χ4n) is 2.31. The molecule has 1 unspecified atom stereocenters. The van der Waals surface area contributed by atoms with Crippen LogP contribution in [0.3, 0.4) is 0 Å². The minimum Gasteiger partial charge on any atom is -0.476 e. The van der Waals surface area contributed by atoms with Gasteiger partial charge in [-0.2, -0.15) is 13.2 Å². The maximum absolute atomic E-state index is 13.4. The maximum atomic E-state index is 13.4. The first kappa shape index (κ1) is 16.0. The van der Waals surface area contributed by atoms with Crippen LogP contribution in [0.1, 0.15) is 11.7 Å². The Balaban J connectivity index is 2.07. The lowest BCUT2D eigenvalue weighted by Gasteiger charge is -2.21. The van der Waals surface area contributed by atoms with Gasteiger partial charge in [-0.1, -0.05) is 18.2 Å². The van der Waals surface area contributed by atoms with Crippen molar-refractivity contribution in [1.29, 1.82) is 0 Å². The molecule has 1 aromatic heterocycles. The van der Waals surface area contributed by atoms with E-state index in [1.807, 2.05) is 0 Å². The van der Waals surface area contributed by atoms with Crippen molar-refractivity contribution in [3.8, 4) is 5.75 Å². The highest BCUT2D eigenvalue weighted by molar-refractivity contribution is 5.78. The van der Waals surface area contributed by atoms with Gasteiger partial charge in [-0.25, -0.2) is 4.39 Å². The Morgan fingerprint density at radius 1 is 1.00 bits per heavy atom. The van der Waals surface area contributed by atoms with E-state index in [4.69, 9.17) is 4.74 Å². The number of aromatic amines is 1. The number of aromatic nitrogens is 1. The number of hydrogen-bond acceptors (Lipinski definition) is 2. The molecule has 1 atom stereocenters. The van der Waals surface area contributed by atoms with Crippen LogP contribution in [0.2, 0.25) is 0 Å². The average molecular weight is 337 g/mol. The third-order valence-electron chi connectivity index (χ3n) is 3.43. The van der Waals surface area contributed by atoms with Gasteiger partial charge in [0.2, 0.25) is 6.10 Å². The molecule has 0 fully saturated rings. The fourth-order valence-corrected chi connectivity index (χ4v) is 2.31. The number of pyridine rings is 1. The second-order valence-electron chi connectivity index (χ2n) is 5.13. The van der Waals surface area contributed by atoms with Crippen LogP contribution in [0.5, 0.6) is 5.75 Å². The normalized spacial score (nSPS) is 13.0. The summed E-state index contributed by atoms with van der Waals surface area (Å²) in [4.78, 5) is 14.5. The smallest absolute Gasteiger partial charge is 0.429 e. The summed E-state index contributed by atoms with van der Waals surface area (Å²) in [5.41, 5.74) is -1.03. The molecule has 0 saturated heterocycles. The van der Waals surface area contributed by atoms with E-state index < -0.39 is 29.2 Å². The van der Waals surface area contributed by atoms with Crippen molar-refractivity contribution >= 4 is 10.9 Å². The lowest BCUT2D eigenvalue weighted by atomic mass is 10.1. The van der Waals surface area contributed by atoms with Gasteiger partial charge in [-0.3, -0.25) is 4.79 Å². The van der Waals surface area contributed by atoms with E-state index in [1.54, 1.807) is 24.3 Å². The molecular formula is C17H11F4NO2. The number of para-hydroxylation sites is 1. The van der Waals surface area contributed by atoms with Crippen LogP contribution in [0.4, 0.5) is 17.6 Å². The van der Waals surface area contributed by atoms with Crippen LogP contribution in [0.15, 0.2) is 59.4 Å². The van der Waals surface area contributed by atoms with Crippen molar-refractivity contribution in [1.82, 2.24) is 4.98 Å². The molecule has 0 radical (unpaired) electrons. The number of H-pyrrole nitrogens is 1. The summed E-state index contributed by atoms with van der Waals surface area (Å²) in [6.07, 6.45) is -7.28. The summed E-state index contributed by atoms with van der Waals surface area (Å²) >= 11 is 0. The molecule has 0 saturated carbocycles. The number of halogens is 4. The first-order chi connectivity index (χ1) is 11.3. The number of benzene rings is 2. The van der Waals surface area contributed by atoms with E-state index >= 15 is 0 Å².